The maximum absolute atomic E-state index is 12.9. The van der Waals surface area contributed by atoms with Gasteiger partial charge in [0, 0.05) is 36.8 Å². The zero-order chi connectivity index (χ0) is 17.2. The highest BCUT2D eigenvalue weighted by molar-refractivity contribution is 6.05. The Hall–Kier alpha value is -2.95. The fourth-order valence-corrected chi connectivity index (χ4v) is 3.14. The van der Waals surface area contributed by atoms with Crippen LogP contribution in [0, 0.1) is 6.92 Å². The van der Waals surface area contributed by atoms with Crippen LogP contribution in [0.25, 0.3) is 10.8 Å². The van der Waals surface area contributed by atoms with Crippen molar-refractivity contribution in [3.63, 3.8) is 0 Å². The number of likely N-dealkylation sites (tertiary alicyclic amines) is 1. The van der Waals surface area contributed by atoms with Crippen LogP contribution in [-0.4, -0.2) is 40.0 Å². The highest BCUT2D eigenvalue weighted by atomic mass is 16.5. The molecule has 0 radical (unpaired) electrons. The first-order valence-electron chi connectivity index (χ1n) is 8.43. The lowest BCUT2D eigenvalue weighted by Gasteiger charge is -2.17. The highest BCUT2D eigenvalue weighted by Crippen LogP contribution is 2.22. The number of carbonyl (C=O) groups excluding carboxylic acids is 1. The minimum absolute atomic E-state index is 0.0332. The van der Waals surface area contributed by atoms with E-state index in [0.29, 0.717) is 24.7 Å². The van der Waals surface area contributed by atoms with Crippen LogP contribution in [0.15, 0.2) is 54.9 Å². The third-order valence-electron chi connectivity index (χ3n) is 4.48. The van der Waals surface area contributed by atoms with Gasteiger partial charge in [-0.1, -0.05) is 30.3 Å². The Kier molecular flexibility index (Phi) is 4.06. The number of carbonyl (C=O) groups is 1. The molecule has 1 aliphatic rings. The van der Waals surface area contributed by atoms with Crippen molar-refractivity contribution in [2.24, 2.45) is 0 Å². The summed E-state index contributed by atoms with van der Waals surface area (Å²) in [5, 5.41) is 1.91. The van der Waals surface area contributed by atoms with E-state index in [9.17, 15) is 4.79 Å². The minimum Gasteiger partial charge on any atom is -0.472 e. The third-order valence-corrected chi connectivity index (χ3v) is 4.48. The van der Waals surface area contributed by atoms with Gasteiger partial charge in [0.1, 0.15) is 11.8 Å². The van der Waals surface area contributed by atoms with Gasteiger partial charge in [0.05, 0.1) is 6.54 Å². The number of fused-ring (bicyclic) bond motifs is 1. The number of rotatable bonds is 3. The van der Waals surface area contributed by atoms with E-state index in [1.54, 1.807) is 12.4 Å². The third kappa shape index (κ3) is 3.18. The van der Waals surface area contributed by atoms with Crippen LogP contribution in [0.4, 0.5) is 0 Å². The predicted molar refractivity (Wildman–Crippen MR) is 95.7 cm³/mol. The number of aryl methyl sites for hydroxylation is 1. The Morgan fingerprint density at radius 3 is 2.88 bits per heavy atom. The summed E-state index contributed by atoms with van der Waals surface area (Å²) in [6.07, 6.45) is 4.24. The van der Waals surface area contributed by atoms with Gasteiger partial charge in [0.15, 0.2) is 0 Å². The number of ether oxygens (including phenoxy) is 1. The van der Waals surface area contributed by atoms with Crippen molar-refractivity contribution in [1.29, 1.82) is 0 Å². The van der Waals surface area contributed by atoms with Crippen LogP contribution in [0.5, 0.6) is 5.88 Å². The molecule has 25 heavy (non-hydrogen) atoms. The first-order valence-corrected chi connectivity index (χ1v) is 8.43. The van der Waals surface area contributed by atoms with Crippen molar-refractivity contribution in [2.45, 2.75) is 19.4 Å². The summed E-state index contributed by atoms with van der Waals surface area (Å²) >= 11 is 0. The van der Waals surface area contributed by atoms with Crippen molar-refractivity contribution in [3.05, 3.63) is 66.1 Å². The van der Waals surface area contributed by atoms with Gasteiger partial charge in [-0.15, -0.1) is 0 Å². The standard InChI is InChI=1S/C20H19N3O2/c1-14-6-7-18(22-12-14)25-16-9-11-23(13-16)20(24)19-17-5-3-2-4-15(17)8-10-21-19/h2-8,10,12,16H,9,11,13H2,1H3. The van der Waals surface area contributed by atoms with E-state index in [2.05, 4.69) is 9.97 Å². The molecule has 0 bridgehead atoms. The summed E-state index contributed by atoms with van der Waals surface area (Å²) in [6.45, 7) is 3.21. The van der Waals surface area contributed by atoms with Gasteiger partial charge in [-0.05, 0) is 23.9 Å². The number of nitrogens with zero attached hydrogens (tertiary/aromatic N) is 3. The number of pyridine rings is 2. The summed E-state index contributed by atoms with van der Waals surface area (Å²) in [5.41, 5.74) is 1.60. The lowest BCUT2D eigenvalue weighted by molar-refractivity contribution is 0.0767. The molecule has 0 N–H and O–H groups in total. The molecule has 1 unspecified atom stereocenters. The van der Waals surface area contributed by atoms with Crippen molar-refractivity contribution < 1.29 is 9.53 Å². The molecule has 0 saturated carbocycles. The summed E-state index contributed by atoms with van der Waals surface area (Å²) in [5.74, 6) is 0.563. The molecule has 0 aliphatic carbocycles. The first kappa shape index (κ1) is 15.6. The van der Waals surface area contributed by atoms with E-state index in [-0.39, 0.29) is 12.0 Å². The van der Waals surface area contributed by atoms with E-state index >= 15 is 0 Å². The lowest BCUT2D eigenvalue weighted by Crippen LogP contribution is -2.31. The minimum atomic E-state index is -0.0419. The SMILES string of the molecule is Cc1ccc(OC2CCN(C(=O)c3nccc4ccccc34)C2)nc1. The van der Waals surface area contributed by atoms with E-state index in [1.807, 2.05) is 54.3 Å². The molecule has 1 saturated heterocycles. The highest BCUT2D eigenvalue weighted by Gasteiger charge is 2.29. The molecule has 1 atom stereocenters. The maximum atomic E-state index is 12.9. The monoisotopic (exact) mass is 333 g/mol. The Morgan fingerprint density at radius 1 is 1.16 bits per heavy atom. The fourth-order valence-electron chi connectivity index (χ4n) is 3.14. The van der Waals surface area contributed by atoms with Gasteiger partial charge in [0.25, 0.3) is 5.91 Å². The van der Waals surface area contributed by atoms with Gasteiger partial charge in [-0.2, -0.15) is 0 Å². The molecule has 5 heteroatoms. The average molecular weight is 333 g/mol. The zero-order valence-electron chi connectivity index (χ0n) is 14.1. The van der Waals surface area contributed by atoms with Crippen LogP contribution in [-0.2, 0) is 0 Å². The topological polar surface area (TPSA) is 55.3 Å². The largest absolute Gasteiger partial charge is 0.472 e. The molecule has 2 aromatic heterocycles. The molecule has 4 rings (SSSR count). The van der Waals surface area contributed by atoms with Crippen molar-refractivity contribution in [3.8, 4) is 5.88 Å². The van der Waals surface area contributed by atoms with E-state index in [1.165, 1.54) is 0 Å². The summed E-state index contributed by atoms with van der Waals surface area (Å²) in [6, 6.07) is 13.6. The van der Waals surface area contributed by atoms with Crippen molar-refractivity contribution in [2.75, 3.05) is 13.1 Å². The second-order valence-corrected chi connectivity index (χ2v) is 6.33. The quantitative estimate of drug-likeness (QED) is 0.738. The van der Waals surface area contributed by atoms with Gasteiger partial charge < -0.3 is 9.64 Å². The molecular formula is C20H19N3O2. The zero-order valence-corrected chi connectivity index (χ0v) is 14.1. The predicted octanol–water partition coefficient (Wildman–Crippen LogP) is 3.23. The van der Waals surface area contributed by atoms with Crippen LogP contribution in [0.1, 0.15) is 22.5 Å². The number of benzene rings is 1. The summed E-state index contributed by atoms with van der Waals surface area (Å²) < 4.78 is 5.91. The normalized spacial score (nSPS) is 17.0. The molecule has 0 spiro atoms. The second-order valence-electron chi connectivity index (χ2n) is 6.33. The smallest absolute Gasteiger partial charge is 0.273 e. The molecule has 1 fully saturated rings. The van der Waals surface area contributed by atoms with Crippen LogP contribution in [0.2, 0.25) is 0 Å². The Morgan fingerprint density at radius 2 is 2.04 bits per heavy atom. The summed E-state index contributed by atoms with van der Waals surface area (Å²) in [4.78, 5) is 23.3. The Labute approximate surface area is 146 Å². The number of hydrogen-bond acceptors (Lipinski definition) is 4. The Balaban J connectivity index is 1.49. The molecule has 126 valence electrons. The molecule has 1 aromatic carbocycles. The number of hydrogen-bond donors (Lipinski definition) is 0. The summed E-state index contributed by atoms with van der Waals surface area (Å²) in [7, 11) is 0. The van der Waals surface area contributed by atoms with E-state index in [0.717, 1.165) is 22.8 Å². The molecular weight excluding hydrogens is 314 g/mol. The van der Waals surface area contributed by atoms with Gasteiger partial charge in [0.2, 0.25) is 5.88 Å². The molecule has 3 heterocycles. The first-order chi connectivity index (χ1) is 12.2. The molecule has 3 aromatic rings. The second kappa shape index (κ2) is 6.51. The molecule has 5 nitrogen and oxygen atoms in total. The van der Waals surface area contributed by atoms with Crippen LogP contribution < -0.4 is 4.74 Å². The lowest BCUT2D eigenvalue weighted by atomic mass is 10.1. The molecule has 1 aliphatic heterocycles. The average Bonchev–Trinajstić information content (AvgIpc) is 3.11. The van der Waals surface area contributed by atoms with E-state index < -0.39 is 0 Å². The van der Waals surface area contributed by atoms with Gasteiger partial charge >= 0.3 is 0 Å². The number of aromatic nitrogens is 2. The van der Waals surface area contributed by atoms with Crippen LogP contribution in [0.3, 0.4) is 0 Å². The molecule has 1 amide bonds. The number of amides is 1. The van der Waals surface area contributed by atoms with Crippen molar-refractivity contribution >= 4 is 16.7 Å². The van der Waals surface area contributed by atoms with Gasteiger partial charge in [-0.25, -0.2) is 4.98 Å². The van der Waals surface area contributed by atoms with Gasteiger partial charge in [-0.3, -0.25) is 9.78 Å². The maximum Gasteiger partial charge on any atom is 0.273 e. The van der Waals surface area contributed by atoms with E-state index in [4.69, 9.17) is 4.74 Å². The van der Waals surface area contributed by atoms with Crippen LogP contribution >= 0.6 is 0 Å². The Bertz CT molecular complexity index is 903. The fraction of sp³-hybridized carbons (Fsp3) is 0.250. The van der Waals surface area contributed by atoms with Crippen molar-refractivity contribution in [1.82, 2.24) is 14.9 Å².